The van der Waals surface area contributed by atoms with Crippen molar-refractivity contribution in [3.05, 3.63) is 58.9 Å². The van der Waals surface area contributed by atoms with E-state index in [1.807, 2.05) is 34.7 Å². The van der Waals surface area contributed by atoms with Gasteiger partial charge >= 0.3 is 0 Å². The Morgan fingerprint density at radius 1 is 1.05 bits per heavy atom. The Labute approximate surface area is 228 Å². The molecule has 4 heterocycles. The van der Waals surface area contributed by atoms with E-state index in [0.717, 1.165) is 61.9 Å². The van der Waals surface area contributed by atoms with Crippen molar-refractivity contribution in [3.8, 4) is 5.75 Å². The summed E-state index contributed by atoms with van der Waals surface area (Å²) in [4.78, 5) is 36.2. The molecule has 6 rings (SSSR count). The molecular formula is C30H35ClN4O3. The van der Waals surface area contributed by atoms with Gasteiger partial charge in [0.15, 0.2) is 5.82 Å². The van der Waals surface area contributed by atoms with Crippen LogP contribution in [0.1, 0.15) is 61.1 Å². The summed E-state index contributed by atoms with van der Waals surface area (Å²) in [5.41, 5.74) is 2.43. The van der Waals surface area contributed by atoms with E-state index in [1.54, 1.807) is 6.07 Å². The van der Waals surface area contributed by atoms with Crippen molar-refractivity contribution in [2.45, 2.75) is 57.4 Å². The number of rotatable bonds is 1. The monoisotopic (exact) mass is 534 g/mol. The van der Waals surface area contributed by atoms with Crippen molar-refractivity contribution in [2.75, 3.05) is 26.2 Å². The molecule has 2 fully saturated rings. The summed E-state index contributed by atoms with van der Waals surface area (Å²) in [5.74, 6) is 1.55. The fraction of sp³-hybridized carbons (Fsp3) is 0.500. The number of piperidine rings is 1. The molecule has 3 aliphatic rings. The van der Waals surface area contributed by atoms with Crippen molar-refractivity contribution in [1.82, 2.24) is 19.4 Å². The number of likely N-dealkylation sites (tertiary alicyclic amines) is 1. The summed E-state index contributed by atoms with van der Waals surface area (Å²) in [7, 11) is 1.87. The van der Waals surface area contributed by atoms with Crippen LogP contribution >= 0.6 is 11.6 Å². The summed E-state index contributed by atoms with van der Waals surface area (Å²) in [6.07, 6.45) is 7.19. The number of nitrogens with zero attached hydrogens (tertiary/aromatic N) is 4. The van der Waals surface area contributed by atoms with Crippen molar-refractivity contribution in [1.29, 1.82) is 0 Å². The third-order valence-electron chi connectivity index (χ3n) is 8.89. The minimum absolute atomic E-state index is 0.0840. The maximum absolute atomic E-state index is 14.2. The van der Waals surface area contributed by atoms with E-state index in [-0.39, 0.29) is 17.9 Å². The van der Waals surface area contributed by atoms with Crippen LogP contribution in [-0.2, 0) is 18.3 Å². The number of ether oxygens (including phenoxy) is 1. The van der Waals surface area contributed by atoms with E-state index >= 15 is 0 Å². The minimum atomic E-state index is -0.419. The molecule has 2 aromatic carbocycles. The van der Waals surface area contributed by atoms with Gasteiger partial charge in [0, 0.05) is 31.7 Å². The molecule has 200 valence electrons. The Morgan fingerprint density at radius 2 is 1.87 bits per heavy atom. The summed E-state index contributed by atoms with van der Waals surface area (Å²) >= 11 is 6.15. The standard InChI is InChI=1S/C30H35ClN4O3/c1-33-25-12-11-22(31)19-24(25)32-27(33)28(36)34-17-14-30(15-18-34)13-5-4-8-21-7-2-3-10-26(21)38-20-23-9-6-16-35(23)29(30)37/h2-3,7,10-12,19,23H,4-6,8-9,13-18,20H2,1H3/t23-/m0/s1. The lowest BCUT2D eigenvalue weighted by atomic mass is 9.73. The molecule has 1 aromatic heterocycles. The summed E-state index contributed by atoms with van der Waals surface area (Å²) in [6, 6.07) is 13.9. The summed E-state index contributed by atoms with van der Waals surface area (Å²) in [6.45, 7) is 2.46. The van der Waals surface area contributed by atoms with Crippen LogP contribution in [0.4, 0.5) is 0 Å². The zero-order valence-electron chi connectivity index (χ0n) is 22.0. The Hall–Kier alpha value is -3.06. The van der Waals surface area contributed by atoms with Gasteiger partial charge in [-0.05, 0) is 74.8 Å². The normalized spacial score (nSPS) is 21.9. The Morgan fingerprint density at radius 3 is 2.71 bits per heavy atom. The number of aryl methyl sites for hydroxylation is 2. The first-order chi connectivity index (χ1) is 18.4. The van der Waals surface area contributed by atoms with Gasteiger partial charge in [0.05, 0.1) is 22.5 Å². The molecule has 1 atom stereocenters. The van der Waals surface area contributed by atoms with Gasteiger partial charge in [0.1, 0.15) is 12.4 Å². The average molecular weight is 535 g/mol. The number of aromatic nitrogens is 2. The number of hydrogen-bond acceptors (Lipinski definition) is 4. The Kier molecular flexibility index (Phi) is 6.81. The number of imidazole rings is 1. The van der Waals surface area contributed by atoms with E-state index in [2.05, 4.69) is 28.1 Å². The maximum Gasteiger partial charge on any atom is 0.289 e. The quantitative estimate of drug-likeness (QED) is 0.428. The lowest BCUT2D eigenvalue weighted by Gasteiger charge is -2.44. The van der Waals surface area contributed by atoms with Crippen LogP contribution in [0.3, 0.4) is 0 Å². The number of amides is 2. The number of fused-ring (bicyclic) bond motifs is 3. The molecule has 7 nitrogen and oxygen atoms in total. The number of benzene rings is 2. The van der Waals surface area contributed by atoms with E-state index < -0.39 is 5.41 Å². The fourth-order valence-electron chi connectivity index (χ4n) is 6.61. The average Bonchev–Trinajstić information content (AvgIpc) is 3.53. The van der Waals surface area contributed by atoms with Crippen LogP contribution in [0, 0.1) is 5.41 Å². The van der Waals surface area contributed by atoms with E-state index in [4.69, 9.17) is 16.3 Å². The molecule has 8 heteroatoms. The van der Waals surface area contributed by atoms with Gasteiger partial charge in [-0.2, -0.15) is 0 Å². The lowest BCUT2D eigenvalue weighted by Crippen LogP contribution is -2.53. The third kappa shape index (κ3) is 4.55. The molecule has 3 aromatic rings. The zero-order chi connectivity index (χ0) is 26.3. The van der Waals surface area contributed by atoms with E-state index in [1.165, 1.54) is 5.56 Å². The van der Waals surface area contributed by atoms with Gasteiger partial charge in [-0.25, -0.2) is 4.98 Å². The molecular weight excluding hydrogens is 500 g/mol. The minimum Gasteiger partial charge on any atom is -0.491 e. The predicted molar refractivity (Wildman–Crippen MR) is 148 cm³/mol. The van der Waals surface area contributed by atoms with Crippen LogP contribution in [0.5, 0.6) is 5.75 Å². The number of halogens is 1. The highest BCUT2D eigenvalue weighted by atomic mass is 35.5. The predicted octanol–water partition coefficient (Wildman–Crippen LogP) is 5.25. The fourth-order valence-corrected chi connectivity index (χ4v) is 6.78. The molecule has 38 heavy (non-hydrogen) atoms. The highest BCUT2D eigenvalue weighted by Crippen LogP contribution is 2.41. The Bertz CT molecular complexity index is 1360. The first-order valence-electron chi connectivity index (χ1n) is 13.9. The van der Waals surface area contributed by atoms with Crippen LogP contribution in [-0.4, -0.2) is 63.4 Å². The first-order valence-corrected chi connectivity index (χ1v) is 14.3. The SMILES string of the molecule is Cn1c(C(=O)N2CCC3(CCCCc4ccccc4OC[C@@H]4CCCN4C3=O)CC2)nc2cc(Cl)ccc21. The van der Waals surface area contributed by atoms with Crippen molar-refractivity contribution in [3.63, 3.8) is 0 Å². The van der Waals surface area contributed by atoms with Gasteiger partial charge in [-0.3, -0.25) is 9.59 Å². The number of carbonyl (C=O) groups excluding carboxylic acids is 2. The smallest absolute Gasteiger partial charge is 0.289 e. The van der Waals surface area contributed by atoms with Crippen molar-refractivity contribution in [2.24, 2.45) is 12.5 Å². The highest BCUT2D eigenvalue weighted by molar-refractivity contribution is 6.31. The molecule has 0 unspecified atom stereocenters. The van der Waals surface area contributed by atoms with Crippen LogP contribution in [0.25, 0.3) is 11.0 Å². The molecule has 0 bridgehead atoms. The van der Waals surface area contributed by atoms with Gasteiger partial charge < -0.3 is 19.1 Å². The molecule has 0 aliphatic carbocycles. The molecule has 3 aliphatic heterocycles. The zero-order valence-corrected chi connectivity index (χ0v) is 22.8. The number of hydrogen-bond donors (Lipinski definition) is 0. The van der Waals surface area contributed by atoms with Crippen molar-refractivity contribution < 1.29 is 14.3 Å². The second-order valence-electron chi connectivity index (χ2n) is 11.1. The molecule has 2 saturated heterocycles. The van der Waals surface area contributed by atoms with Gasteiger partial charge in [0.25, 0.3) is 5.91 Å². The largest absolute Gasteiger partial charge is 0.491 e. The van der Waals surface area contributed by atoms with Crippen LogP contribution < -0.4 is 4.74 Å². The topological polar surface area (TPSA) is 67.7 Å². The van der Waals surface area contributed by atoms with Crippen LogP contribution in [0.2, 0.25) is 5.02 Å². The number of para-hydroxylation sites is 1. The molecule has 1 spiro atoms. The first kappa shape index (κ1) is 25.2. The summed E-state index contributed by atoms with van der Waals surface area (Å²) < 4.78 is 8.11. The maximum atomic E-state index is 14.2. The summed E-state index contributed by atoms with van der Waals surface area (Å²) in [5, 5.41) is 0.602. The van der Waals surface area contributed by atoms with Gasteiger partial charge in [-0.15, -0.1) is 0 Å². The van der Waals surface area contributed by atoms with Crippen LogP contribution in [0.15, 0.2) is 42.5 Å². The van der Waals surface area contributed by atoms with E-state index in [0.29, 0.717) is 43.4 Å². The van der Waals surface area contributed by atoms with Crippen molar-refractivity contribution >= 4 is 34.4 Å². The van der Waals surface area contributed by atoms with Gasteiger partial charge in [0.2, 0.25) is 5.91 Å². The number of carbonyl (C=O) groups is 2. The Balaban J connectivity index is 1.21. The lowest BCUT2D eigenvalue weighted by molar-refractivity contribution is -0.147. The third-order valence-corrected chi connectivity index (χ3v) is 9.12. The highest BCUT2D eigenvalue weighted by Gasteiger charge is 2.46. The second-order valence-corrected chi connectivity index (χ2v) is 11.6. The molecule has 2 amide bonds. The molecule has 0 N–H and O–H groups in total. The molecule has 0 saturated carbocycles. The second kappa shape index (κ2) is 10.3. The molecule has 0 radical (unpaired) electrons. The van der Waals surface area contributed by atoms with E-state index in [9.17, 15) is 9.59 Å². The van der Waals surface area contributed by atoms with Gasteiger partial charge in [-0.1, -0.05) is 36.2 Å².